The Bertz CT molecular complexity index is 545. The molecule has 6 nitrogen and oxygen atoms in total. The van der Waals surface area contributed by atoms with Gasteiger partial charge in [-0.3, -0.25) is 9.89 Å². The van der Waals surface area contributed by atoms with Crippen molar-refractivity contribution in [2.45, 2.75) is 60.0 Å². The average molecular weight is 477 g/mol. The molecule has 150 valence electrons. The summed E-state index contributed by atoms with van der Waals surface area (Å²) in [4.78, 5) is 11.3. The van der Waals surface area contributed by atoms with E-state index in [1.807, 2.05) is 20.9 Å². The first-order valence-corrected chi connectivity index (χ1v) is 9.51. The number of aliphatic imine (C=N–C) groups is 1. The van der Waals surface area contributed by atoms with Gasteiger partial charge >= 0.3 is 0 Å². The minimum atomic E-state index is 0. The molecule has 7 heteroatoms. The third-order valence-electron chi connectivity index (χ3n) is 5.29. The number of nitrogens with one attached hydrogen (secondary N) is 2. The highest BCUT2D eigenvalue weighted by molar-refractivity contribution is 14.0. The molecule has 1 aromatic rings. The molecule has 1 saturated heterocycles. The maximum Gasteiger partial charge on any atom is 0.208 e. The molecular formula is C19H36IN5O. The summed E-state index contributed by atoms with van der Waals surface area (Å²) in [5, 5.41) is 6.95. The Hall–Kier alpha value is -0.830. The zero-order valence-electron chi connectivity index (χ0n) is 17.1. The predicted octanol–water partition coefficient (Wildman–Crippen LogP) is 3.33. The van der Waals surface area contributed by atoms with Gasteiger partial charge in [0.1, 0.15) is 5.76 Å². The van der Waals surface area contributed by atoms with Gasteiger partial charge in [-0.25, -0.2) is 4.98 Å². The molecule has 0 aromatic carbocycles. The van der Waals surface area contributed by atoms with Gasteiger partial charge in [-0.2, -0.15) is 0 Å². The van der Waals surface area contributed by atoms with Gasteiger partial charge in [0.2, 0.25) is 5.89 Å². The fourth-order valence-electron chi connectivity index (χ4n) is 2.96. The second kappa shape index (κ2) is 11.1. The van der Waals surface area contributed by atoms with Crippen molar-refractivity contribution < 1.29 is 4.42 Å². The lowest BCUT2D eigenvalue weighted by Gasteiger charge is -2.31. The maximum atomic E-state index is 5.70. The molecule has 2 N–H and O–H groups in total. The van der Waals surface area contributed by atoms with Crippen molar-refractivity contribution in [2.75, 3.05) is 26.7 Å². The summed E-state index contributed by atoms with van der Waals surface area (Å²) in [6.07, 6.45) is 2.39. The van der Waals surface area contributed by atoms with E-state index in [9.17, 15) is 0 Å². The Morgan fingerprint density at radius 2 is 1.92 bits per heavy atom. The van der Waals surface area contributed by atoms with E-state index in [1.165, 1.54) is 12.8 Å². The minimum absolute atomic E-state index is 0. The molecule has 1 unspecified atom stereocenters. The lowest BCUT2D eigenvalue weighted by atomic mass is 9.97. The lowest BCUT2D eigenvalue weighted by molar-refractivity contribution is 0.164. The number of hydrogen-bond acceptors (Lipinski definition) is 4. The highest BCUT2D eigenvalue weighted by Gasteiger charge is 2.21. The second-order valence-electron chi connectivity index (χ2n) is 7.60. The van der Waals surface area contributed by atoms with E-state index >= 15 is 0 Å². The van der Waals surface area contributed by atoms with Crippen molar-refractivity contribution in [1.82, 2.24) is 20.5 Å². The first-order chi connectivity index (χ1) is 11.9. The van der Waals surface area contributed by atoms with Gasteiger partial charge < -0.3 is 15.1 Å². The van der Waals surface area contributed by atoms with Crippen LogP contribution >= 0.6 is 24.0 Å². The van der Waals surface area contributed by atoms with Crippen LogP contribution in [0.15, 0.2) is 9.41 Å². The van der Waals surface area contributed by atoms with E-state index in [1.54, 1.807) is 0 Å². The molecular weight excluding hydrogens is 441 g/mol. The van der Waals surface area contributed by atoms with Crippen LogP contribution in [0, 0.1) is 25.7 Å². The smallest absolute Gasteiger partial charge is 0.208 e. The van der Waals surface area contributed by atoms with Gasteiger partial charge in [0.05, 0.1) is 12.2 Å². The van der Waals surface area contributed by atoms with Crippen LogP contribution in [-0.2, 0) is 6.54 Å². The summed E-state index contributed by atoms with van der Waals surface area (Å²) in [5.74, 6) is 3.97. The number of aryl methyl sites for hydroxylation is 2. The second-order valence-corrected chi connectivity index (χ2v) is 7.60. The van der Waals surface area contributed by atoms with Gasteiger partial charge in [0, 0.05) is 19.6 Å². The number of rotatable bonds is 6. The largest absolute Gasteiger partial charge is 0.444 e. The first kappa shape index (κ1) is 23.2. The van der Waals surface area contributed by atoms with Crippen LogP contribution < -0.4 is 10.6 Å². The topological polar surface area (TPSA) is 65.7 Å². The number of guanidine groups is 1. The van der Waals surface area contributed by atoms with E-state index in [-0.39, 0.29) is 24.0 Å². The summed E-state index contributed by atoms with van der Waals surface area (Å²) >= 11 is 0. The van der Waals surface area contributed by atoms with Crippen LogP contribution in [-0.4, -0.2) is 48.6 Å². The fourth-order valence-corrected chi connectivity index (χ4v) is 2.96. The van der Waals surface area contributed by atoms with Crippen molar-refractivity contribution in [2.24, 2.45) is 16.8 Å². The molecule has 2 rings (SSSR count). The molecule has 1 aliphatic rings. The van der Waals surface area contributed by atoms with Crippen molar-refractivity contribution in [1.29, 1.82) is 0 Å². The van der Waals surface area contributed by atoms with Crippen molar-refractivity contribution in [3.63, 3.8) is 0 Å². The Labute approximate surface area is 175 Å². The number of halogens is 1. The van der Waals surface area contributed by atoms with Crippen LogP contribution in [0.2, 0.25) is 0 Å². The SMILES string of the molecule is CN=C(NCC1CCN(Cc2nc(C)c(C)o2)CC1)NC(C)C(C)C.I. The quantitative estimate of drug-likeness (QED) is 0.374. The zero-order valence-corrected chi connectivity index (χ0v) is 19.5. The van der Waals surface area contributed by atoms with Crippen molar-refractivity contribution in [3.05, 3.63) is 17.3 Å². The molecule has 1 atom stereocenters. The number of hydrogen-bond donors (Lipinski definition) is 2. The van der Waals surface area contributed by atoms with Crippen LogP contribution in [0.3, 0.4) is 0 Å². The maximum absolute atomic E-state index is 5.70. The van der Waals surface area contributed by atoms with Crippen molar-refractivity contribution in [3.8, 4) is 0 Å². The Balaban J connectivity index is 0.00000338. The molecule has 1 aromatic heterocycles. The molecule has 26 heavy (non-hydrogen) atoms. The van der Waals surface area contributed by atoms with Gasteiger partial charge in [0.25, 0.3) is 0 Å². The average Bonchev–Trinajstić information content (AvgIpc) is 2.90. The standard InChI is InChI=1S/C19H35N5O.HI/c1-13(2)14(3)23-19(20-6)21-11-17-7-9-24(10-8-17)12-18-22-15(4)16(5)25-18;/h13-14,17H,7-12H2,1-6H3,(H2,20,21,23);1H. The number of piperidine rings is 1. The van der Waals surface area contributed by atoms with E-state index in [0.717, 1.165) is 49.5 Å². The minimum Gasteiger partial charge on any atom is -0.444 e. The zero-order chi connectivity index (χ0) is 18.4. The number of likely N-dealkylation sites (tertiary alicyclic amines) is 1. The van der Waals surface area contributed by atoms with E-state index < -0.39 is 0 Å². The molecule has 0 saturated carbocycles. The Morgan fingerprint density at radius 1 is 1.27 bits per heavy atom. The van der Waals surface area contributed by atoms with Gasteiger partial charge in [-0.1, -0.05) is 13.8 Å². The number of aromatic nitrogens is 1. The van der Waals surface area contributed by atoms with E-state index in [4.69, 9.17) is 4.42 Å². The van der Waals surface area contributed by atoms with Gasteiger partial charge in [-0.05, 0) is 58.5 Å². The molecule has 0 spiro atoms. The fraction of sp³-hybridized carbons (Fsp3) is 0.789. The Morgan fingerprint density at radius 3 is 2.42 bits per heavy atom. The molecule has 1 fully saturated rings. The monoisotopic (exact) mass is 477 g/mol. The van der Waals surface area contributed by atoms with Crippen LogP contribution in [0.5, 0.6) is 0 Å². The summed E-state index contributed by atoms with van der Waals surface area (Å²) in [7, 11) is 1.84. The third kappa shape index (κ3) is 7.06. The first-order valence-electron chi connectivity index (χ1n) is 9.51. The van der Waals surface area contributed by atoms with Crippen molar-refractivity contribution >= 4 is 29.9 Å². The molecule has 0 aliphatic carbocycles. The summed E-state index contributed by atoms with van der Waals surface area (Å²) < 4.78 is 5.70. The number of oxazole rings is 1. The third-order valence-corrected chi connectivity index (χ3v) is 5.29. The summed E-state index contributed by atoms with van der Waals surface area (Å²) in [6, 6.07) is 0.417. The van der Waals surface area contributed by atoms with E-state index in [0.29, 0.717) is 17.9 Å². The van der Waals surface area contributed by atoms with Crippen LogP contribution in [0.4, 0.5) is 0 Å². The lowest BCUT2D eigenvalue weighted by Crippen LogP contribution is -2.46. The molecule has 0 bridgehead atoms. The van der Waals surface area contributed by atoms with Crippen LogP contribution in [0.1, 0.15) is 51.0 Å². The van der Waals surface area contributed by atoms with E-state index in [2.05, 4.69) is 46.3 Å². The number of nitrogens with zero attached hydrogens (tertiary/aromatic N) is 3. The Kier molecular flexibility index (Phi) is 9.92. The summed E-state index contributed by atoms with van der Waals surface area (Å²) in [6.45, 7) is 14.6. The normalized spacial score (nSPS) is 17.9. The molecule has 1 aliphatic heterocycles. The van der Waals surface area contributed by atoms with Gasteiger partial charge in [-0.15, -0.1) is 24.0 Å². The predicted molar refractivity (Wildman–Crippen MR) is 118 cm³/mol. The van der Waals surface area contributed by atoms with Gasteiger partial charge in [0.15, 0.2) is 5.96 Å². The molecule has 0 amide bonds. The molecule has 0 radical (unpaired) electrons. The molecule has 2 heterocycles. The summed E-state index contributed by atoms with van der Waals surface area (Å²) in [5.41, 5.74) is 1.00. The van der Waals surface area contributed by atoms with Crippen LogP contribution in [0.25, 0.3) is 0 Å². The highest BCUT2D eigenvalue weighted by atomic mass is 127. The highest BCUT2D eigenvalue weighted by Crippen LogP contribution is 2.19.